The minimum atomic E-state index is -3.17. The Labute approximate surface area is 93.5 Å². The molecule has 0 spiro atoms. The van der Waals surface area contributed by atoms with E-state index in [-0.39, 0.29) is 6.54 Å². The van der Waals surface area contributed by atoms with Gasteiger partial charge in [0.25, 0.3) is 0 Å². The number of hydrogen-bond acceptors (Lipinski definition) is 4. The first-order chi connectivity index (χ1) is 7.44. The summed E-state index contributed by atoms with van der Waals surface area (Å²) in [7, 11) is -3.17. The van der Waals surface area contributed by atoms with Crippen LogP contribution >= 0.6 is 0 Å². The zero-order valence-electron chi connectivity index (χ0n) is 9.02. The van der Waals surface area contributed by atoms with Gasteiger partial charge >= 0.3 is 0 Å². The van der Waals surface area contributed by atoms with Crippen molar-refractivity contribution in [2.75, 3.05) is 6.26 Å². The van der Waals surface area contributed by atoms with Crippen molar-refractivity contribution in [1.82, 2.24) is 9.71 Å². The Morgan fingerprint density at radius 1 is 1.44 bits per heavy atom. The molecule has 0 aliphatic carbocycles. The minimum absolute atomic E-state index is 0.258. The maximum atomic E-state index is 10.9. The van der Waals surface area contributed by atoms with Crippen molar-refractivity contribution in [3.63, 3.8) is 0 Å². The summed E-state index contributed by atoms with van der Waals surface area (Å²) in [6, 6.07) is 5.42. The molecule has 1 aromatic heterocycles. The lowest BCUT2D eigenvalue weighted by molar-refractivity contribution is 0.560. The predicted octanol–water partition coefficient (Wildman–Crippen LogP) is 1.19. The fraction of sp³-hybridized carbons (Fsp3) is 0.300. The number of aromatic nitrogens is 1. The lowest BCUT2D eigenvalue weighted by Gasteiger charge is -2.01. The highest BCUT2D eigenvalue weighted by Gasteiger charge is 2.05. The van der Waals surface area contributed by atoms with Crippen LogP contribution in [-0.4, -0.2) is 19.7 Å². The van der Waals surface area contributed by atoms with Crippen molar-refractivity contribution in [2.45, 2.75) is 13.5 Å². The number of oxazole rings is 1. The fourth-order valence-electron chi connectivity index (χ4n) is 1.41. The smallest absolute Gasteiger partial charge is 0.209 e. The summed E-state index contributed by atoms with van der Waals surface area (Å²) in [6.45, 7) is 2.03. The van der Waals surface area contributed by atoms with Crippen molar-refractivity contribution in [2.24, 2.45) is 0 Å². The maximum Gasteiger partial charge on any atom is 0.209 e. The van der Waals surface area contributed by atoms with Crippen LogP contribution in [0.4, 0.5) is 0 Å². The normalized spacial score (nSPS) is 12.1. The monoisotopic (exact) mass is 240 g/mol. The summed E-state index contributed by atoms with van der Waals surface area (Å²) in [5, 5.41) is 0. The molecular formula is C10H12N2O3S. The molecule has 0 aliphatic heterocycles. The first kappa shape index (κ1) is 11.1. The SMILES string of the molecule is Cc1nc2ccc(CNS(C)(=O)=O)cc2o1. The first-order valence-electron chi connectivity index (χ1n) is 4.75. The van der Waals surface area contributed by atoms with Gasteiger partial charge in [0, 0.05) is 13.5 Å². The first-order valence-corrected chi connectivity index (χ1v) is 6.64. The van der Waals surface area contributed by atoms with Crippen molar-refractivity contribution >= 4 is 21.1 Å². The van der Waals surface area contributed by atoms with E-state index in [2.05, 4.69) is 9.71 Å². The third-order valence-corrected chi connectivity index (χ3v) is 2.77. The molecule has 1 aromatic carbocycles. The van der Waals surface area contributed by atoms with Crippen LogP contribution < -0.4 is 4.72 Å². The predicted molar refractivity (Wildman–Crippen MR) is 60.4 cm³/mol. The quantitative estimate of drug-likeness (QED) is 0.874. The third-order valence-electron chi connectivity index (χ3n) is 2.10. The van der Waals surface area contributed by atoms with Crippen molar-refractivity contribution in [1.29, 1.82) is 0 Å². The molecule has 5 nitrogen and oxygen atoms in total. The fourth-order valence-corrected chi connectivity index (χ4v) is 1.84. The van der Waals surface area contributed by atoms with E-state index in [1.165, 1.54) is 0 Å². The minimum Gasteiger partial charge on any atom is -0.441 e. The van der Waals surface area contributed by atoms with E-state index >= 15 is 0 Å². The van der Waals surface area contributed by atoms with Crippen molar-refractivity contribution in [3.05, 3.63) is 29.7 Å². The van der Waals surface area contributed by atoms with Crippen LogP contribution in [0.5, 0.6) is 0 Å². The number of sulfonamides is 1. The van der Waals surface area contributed by atoms with Crippen LogP contribution in [0.25, 0.3) is 11.1 Å². The van der Waals surface area contributed by atoms with Crippen LogP contribution in [0.1, 0.15) is 11.5 Å². The van der Waals surface area contributed by atoms with Crippen LogP contribution in [0.15, 0.2) is 22.6 Å². The summed E-state index contributed by atoms with van der Waals surface area (Å²) in [4.78, 5) is 4.16. The third kappa shape index (κ3) is 2.59. The van der Waals surface area contributed by atoms with Gasteiger partial charge in [-0.15, -0.1) is 0 Å². The number of aryl methyl sites for hydroxylation is 1. The van der Waals surface area contributed by atoms with Crippen molar-refractivity contribution in [3.8, 4) is 0 Å². The molecule has 0 atom stereocenters. The number of rotatable bonds is 3. The van der Waals surface area contributed by atoms with E-state index in [4.69, 9.17) is 4.42 Å². The molecule has 0 saturated carbocycles. The standard InChI is InChI=1S/C10H12N2O3S/c1-7-12-9-4-3-8(5-10(9)15-7)6-11-16(2,13)14/h3-5,11H,6H2,1-2H3. The molecule has 1 N–H and O–H groups in total. The molecule has 0 fully saturated rings. The zero-order valence-corrected chi connectivity index (χ0v) is 9.84. The highest BCUT2D eigenvalue weighted by Crippen LogP contribution is 2.16. The highest BCUT2D eigenvalue weighted by molar-refractivity contribution is 7.88. The topological polar surface area (TPSA) is 72.2 Å². The molecule has 1 heterocycles. The number of benzene rings is 1. The summed E-state index contributed by atoms with van der Waals surface area (Å²) in [5.41, 5.74) is 2.29. The Morgan fingerprint density at radius 3 is 2.88 bits per heavy atom. The summed E-state index contributed by atoms with van der Waals surface area (Å²) in [5.74, 6) is 0.600. The Kier molecular flexibility index (Phi) is 2.69. The second-order valence-electron chi connectivity index (χ2n) is 3.63. The largest absolute Gasteiger partial charge is 0.441 e. The number of fused-ring (bicyclic) bond motifs is 1. The molecule has 0 amide bonds. The maximum absolute atomic E-state index is 10.9. The van der Waals surface area contributed by atoms with E-state index in [0.29, 0.717) is 11.5 Å². The van der Waals surface area contributed by atoms with Gasteiger partial charge < -0.3 is 4.42 Å². The average molecular weight is 240 g/mol. The van der Waals surface area contributed by atoms with Crippen LogP contribution in [0.3, 0.4) is 0 Å². The molecule has 16 heavy (non-hydrogen) atoms. The molecule has 0 unspecified atom stereocenters. The van der Waals surface area contributed by atoms with Crippen LogP contribution in [0.2, 0.25) is 0 Å². The van der Waals surface area contributed by atoms with Gasteiger partial charge in [0.05, 0.1) is 6.26 Å². The van der Waals surface area contributed by atoms with Gasteiger partial charge in [-0.3, -0.25) is 0 Å². The summed E-state index contributed by atoms with van der Waals surface area (Å²) in [6.07, 6.45) is 1.13. The van der Waals surface area contributed by atoms with Crippen molar-refractivity contribution < 1.29 is 12.8 Å². The Morgan fingerprint density at radius 2 is 2.19 bits per heavy atom. The van der Waals surface area contributed by atoms with E-state index in [1.54, 1.807) is 13.0 Å². The summed E-state index contributed by atoms with van der Waals surface area (Å²) < 4.78 is 29.6. The van der Waals surface area contributed by atoms with E-state index in [9.17, 15) is 8.42 Å². The number of nitrogens with zero attached hydrogens (tertiary/aromatic N) is 1. The van der Waals surface area contributed by atoms with Crippen LogP contribution in [0, 0.1) is 6.92 Å². The lowest BCUT2D eigenvalue weighted by atomic mass is 10.2. The van der Waals surface area contributed by atoms with Gasteiger partial charge in [-0.05, 0) is 17.7 Å². The molecule has 86 valence electrons. The van der Waals surface area contributed by atoms with Gasteiger partial charge in [-0.25, -0.2) is 18.1 Å². The molecule has 0 radical (unpaired) electrons. The van der Waals surface area contributed by atoms with Gasteiger partial charge in [-0.1, -0.05) is 6.07 Å². The number of nitrogens with one attached hydrogen (secondary N) is 1. The number of hydrogen-bond donors (Lipinski definition) is 1. The van der Waals surface area contributed by atoms with Gasteiger partial charge in [0.2, 0.25) is 10.0 Å². The van der Waals surface area contributed by atoms with Gasteiger partial charge in [-0.2, -0.15) is 0 Å². The van der Waals surface area contributed by atoms with Gasteiger partial charge in [0.15, 0.2) is 11.5 Å². The van der Waals surface area contributed by atoms with E-state index in [1.807, 2.05) is 12.1 Å². The van der Waals surface area contributed by atoms with E-state index in [0.717, 1.165) is 17.3 Å². The molecule has 0 aliphatic rings. The Balaban J connectivity index is 2.25. The Hall–Kier alpha value is -1.40. The average Bonchev–Trinajstić information content (AvgIpc) is 2.52. The molecule has 0 bridgehead atoms. The van der Waals surface area contributed by atoms with E-state index < -0.39 is 10.0 Å². The Bertz CT molecular complexity index is 616. The second-order valence-corrected chi connectivity index (χ2v) is 5.46. The lowest BCUT2D eigenvalue weighted by Crippen LogP contribution is -2.21. The van der Waals surface area contributed by atoms with Gasteiger partial charge in [0.1, 0.15) is 5.52 Å². The molecule has 6 heteroatoms. The molecule has 2 aromatic rings. The second kappa shape index (κ2) is 3.88. The highest BCUT2D eigenvalue weighted by atomic mass is 32.2. The summed E-state index contributed by atoms with van der Waals surface area (Å²) >= 11 is 0. The zero-order chi connectivity index (χ0) is 11.8. The molecular weight excluding hydrogens is 228 g/mol. The molecule has 0 saturated heterocycles. The van der Waals surface area contributed by atoms with Crippen LogP contribution in [-0.2, 0) is 16.6 Å². The molecule has 2 rings (SSSR count).